The molecule has 0 spiro atoms. The van der Waals surface area contributed by atoms with E-state index in [1.807, 2.05) is 31.2 Å². The van der Waals surface area contributed by atoms with Crippen molar-refractivity contribution in [1.82, 2.24) is 14.9 Å². The van der Waals surface area contributed by atoms with E-state index in [2.05, 4.69) is 9.97 Å². The van der Waals surface area contributed by atoms with Crippen LogP contribution in [0.1, 0.15) is 25.1 Å². The standard InChI is InChI=1S/C20H25N3O4S2/c1-14-21-18-7-3-2-6-17(18)20(22-14)28-12-19(24)23(11-16-5-4-9-27-16)15-8-10-29(25,26)13-15/h2-3,6-7,15-16H,4-5,8-13H2,1H3/t15-,16+/m0/s1. The Morgan fingerprint density at radius 2 is 2.10 bits per heavy atom. The maximum absolute atomic E-state index is 13.1. The molecule has 2 aromatic rings. The molecule has 2 atom stereocenters. The number of rotatable bonds is 6. The van der Waals surface area contributed by atoms with Gasteiger partial charge in [-0.05, 0) is 32.3 Å². The molecule has 156 valence electrons. The summed E-state index contributed by atoms with van der Waals surface area (Å²) in [6, 6.07) is 7.48. The van der Waals surface area contributed by atoms with Crippen LogP contribution < -0.4 is 0 Å². The fourth-order valence-corrected chi connectivity index (χ4v) is 6.65. The molecule has 1 aromatic carbocycles. The largest absolute Gasteiger partial charge is 0.376 e. The van der Waals surface area contributed by atoms with Crippen molar-refractivity contribution in [1.29, 1.82) is 0 Å². The van der Waals surface area contributed by atoms with Crippen molar-refractivity contribution in [3.63, 3.8) is 0 Å². The first-order valence-electron chi connectivity index (χ1n) is 9.89. The summed E-state index contributed by atoms with van der Waals surface area (Å²) in [7, 11) is -3.07. The molecule has 0 N–H and O–H groups in total. The lowest BCUT2D eigenvalue weighted by atomic mass is 10.1. The molecule has 0 bridgehead atoms. The first-order valence-corrected chi connectivity index (χ1v) is 12.7. The molecule has 2 aliphatic rings. The van der Waals surface area contributed by atoms with Crippen LogP contribution in [0.5, 0.6) is 0 Å². The van der Waals surface area contributed by atoms with E-state index in [1.165, 1.54) is 11.8 Å². The number of sulfone groups is 1. The van der Waals surface area contributed by atoms with Gasteiger partial charge < -0.3 is 9.64 Å². The minimum Gasteiger partial charge on any atom is -0.376 e. The van der Waals surface area contributed by atoms with Gasteiger partial charge in [0.1, 0.15) is 10.9 Å². The van der Waals surface area contributed by atoms with Crippen molar-refractivity contribution in [3.8, 4) is 0 Å². The Kier molecular flexibility index (Phi) is 6.08. The van der Waals surface area contributed by atoms with E-state index >= 15 is 0 Å². The van der Waals surface area contributed by atoms with E-state index in [4.69, 9.17) is 4.74 Å². The topological polar surface area (TPSA) is 89.5 Å². The van der Waals surface area contributed by atoms with Gasteiger partial charge in [-0.2, -0.15) is 0 Å². The number of carbonyl (C=O) groups is 1. The van der Waals surface area contributed by atoms with Crippen molar-refractivity contribution < 1.29 is 17.9 Å². The second-order valence-electron chi connectivity index (χ2n) is 7.62. The van der Waals surface area contributed by atoms with Gasteiger partial charge in [-0.25, -0.2) is 18.4 Å². The molecule has 1 amide bonds. The zero-order chi connectivity index (χ0) is 20.4. The van der Waals surface area contributed by atoms with Crippen LogP contribution in [0, 0.1) is 6.92 Å². The number of aryl methyl sites for hydroxylation is 1. The average molecular weight is 436 g/mol. The number of aromatic nitrogens is 2. The molecular formula is C20H25N3O4S2. The molecule has 0 saturated carbocycles. The number of benzene rings is 1. The molecule has 1 aromatic heterocycles. The zero-order valence-electron chi connectivity index (χ0n) is 16.4. The van der Waals surface area contributed by atoms with E-state index in [-0.39, 0.29) is 35.3 Å². The lowest BCUT2D eigenvalue weighted by molar-refractivity contribution is -0.131. The normalized spacial score (nSPS) is 23.5. The number of carbonyl (C=O) groups excluding carboxylic acids is 1. The summed E-state index contributed by atoms with van der Waals surface area (Å²) < 4.78 is 29.7. The van der Waals surface area contributed by atoms with Gasteiger partial charge in [0.05, 0.1) is 28.9 Å². The number of nitrogens with zero attached hydrogens (tertiary/aromatic N) is 3. The molecule has 2 aliphatic heterocycles. The zero-order valence-corrected chi connectivity index (χ0v) is 18.0. The van der Waals surface area contributed by atoms with E-state index < -0.39 is 9.84 Å². The fraction of sp³-hybridized carbons (Fsp3) is 0.550. The van der Waals surface area contributed by atoms with Crippen molar-refractivity contribution in [2.24, 2.45) is 0 Å². The Bertz CT molecular complexity index is 1010. The van der Waals surface area contributed by atoms with E-state index in [0.29, 0.717) is 25.4 Å². The maximum atomic E-state index is 13.1. The number of amides is 1. The smallest absolute Gasteiger partial charge is 0.233 e. The molecule has 2 saturated heterocycles. The van der Waals surface area contributed by atoms with Gasteiger partial charge in [0, 0.05) is 24.6 Å². The highest BCUT2D eigenvalue weighted by molar-refractivity contribution is 8.00. The predicted octanol–water partition coefficient (Wildman–Crippen LogP) is 2.23. The summed E-state index contributed by atoms with van der Waals surface area (Å²) in [6.45, 7) is 3.01. The van der Waals surface area contributed by atoms with Crippen LogP contribution in [-0.2, 0) is 19.4 Å². The van der Waals surface area contributed by atoms with Gasteiger partial charge >= 0.3 is 0 Å². The molecule has 9 heteroatoms. The average Bonchev–Trinajstić information content (AvgIpc) is 3.32. The lowest BCUT2D eigenvalue weighted by Gasteiger charge is -2.30. The van der Waals surface area contributed by atoms with Crippen LogP contribution in [0.25, 0.3) is 10.9 Å². The van der Waals surface area contributed by atoms with Crippen LogP contribution in [0.3, 0.4) is 0 Å². The molecule has 7 nitrogen and oxygen atoms in total. The minimum atomic E-state index is -3.07. The summed E-state index contributed by atoms with van der Waals surface area (Å²) in [6.07, 6.45) is 2.39. The number of hydrogen-bond acceptors (Lipinski definition) is 7. The molecule has 0 unspecified atom stereocenters. The van der Waals surface area contributed by atoms with E-state index in [1.54, 1.807) is 4.90 Å². The van der Waals surface area contributed by atoms with Crippen molar-refractivity contribution >= 4 is 38.4 Å². The first kappa shape index (κ1) is 20.6. The SMILES string of the molecule is Cc1nc(SCC(=O)N(C[C@H]2CCCO2)[C@H]2CCS(=O)(=O)C2)c2ccccc2n1. The van der Waals surface area contributed by atoms with Gasteiger partial charge in [-0.3, -0.25) is 4.79 Å². The van der Waals surface area contributed by atoms with Gasteiger partial charge in [0.15, 0.2) is 9.84 Å². The van der Waals surface area contributed by atoms with Crippen LogP contribution in [0.2, 0.25) is 0 Å². The molecule has 29 heavy (non-hydrogen) atoms. The van der Waals surface area contributed by atoms with Gasteiger partial charge in [-0.1, -0.05) is 30.0 Å². The Labute approximate surface area is 175 Å². The number of fused-ring (bicyclic) bond motifs is 1. The first-order chi connectivity index (χ1) is 13.9. The van der Waals surface area contributed by atoms with Crippen LogP contribution in [0.4, 0.5) is 0 Å². The fourth-order valence-electron chi connectivity index (χ4n) is 3.96. The van der Waals surface area contributed by atoms with Crippen molar-refractivity contribution in [3.05, 3.63) is 30.1 Å². The third-order valence-electron chi connectivity index (χ3n) is 5.41. The van der Waals surface area contributed by atoms with Crippen LogP contribution in [0.15, 0.2) is 29.3 Å². The molecular weight excluding hydrogens is 410 g/mol. The molecule has 0 radical (unpaired) electrons. The lowest BCUT2D eigenvalue weighted by Crippen LogP contribution is -2.46. The number of thioether (sulfide) groups is 1. The van der Waals surface area contributed by atoms with Crippen LogP contribution in [-0.4, -0.2) is 71.7 Å². The summed E-state index contributed by atoms with van der Waals surface area (Å²) in [5.74, 6) is 1.01. The Morgan fingerprint density at radius 3 is 2.83 bits per heavy atom. The highest BCUT2D eigenvalue weighted by atomic mass is 32.2. The highest BCUT2D eigenvalue weighted by Gasteiger charge is 2.36. The van der Waals surface area contributed by atoms with Gasteiger partial charge in [0.2, 0.25) is 5.91 Å². The predicted molar refractivity (Wildman–Crippen MR) is 113 cm³/mol. The Balaban J connectivity index is 1.50. The summed E-state index contributed by atoms with van der Waals surface area (Å²) in [5, 5.41) is 1.70. The minimum absolute atomic E-state index is 0.00520. The summed E-state index contributed by atoms with van der Waals surface area (Å²) in [4.78, 5) is 23.8. The van der Waals surface area contributed by atoms with Gasteiger partial charge in [0.25, 0.3) is 0 Å². The summed E-state index contributed by atoms with van der Waals surface area (Å²) in [5.41, 5.74) is 0.855. The number of ether oxygens (including phenoxy) is 1. The molecule has 0 aliphatic carbocycles. The molecule has 2 fully saturated rings. The van der Waals surface area contributed by atoms with Gasteiger partial charge in [-0.15, -0.1) is 0 Å². The van der Waals surface area contributed by atoms with Crippen LogP contribution >= 0.6 is 11.8 Å². The Hall–Kier alpha value is -1.71. The van der Waals surface area contributed by atoms with E-state index in [0.717, 1.165) is 28.8 Å². The summed E-state index contributed by atoms with van der Waals surface area (Å²) >= 11 is 1.38. The Morgan fingerprint density at radius 1 is 1.28 bits per heavy atom. The van der Waals surface area contributed by atoms with Crippen molar-refractivity contribution in [2.75, 3.05) is 30.4 Å². The van der Waals surface area contributed by atoms with E-state index in [9.17, 15) is 13.2 Å². The number of para-hydroxylation sites is 1. The third-order valence-corrected chi connectivity index (χ3v) is 8.13. The second-order valence-corrected chi connectivity index (χ2v) is 10.8. The highest BCUT2D eigenvalue weighted by Crippen LogP contribution is 2.27. The second kappa shape index (κ2) is 8.57. The quantitative estimate of drug-likeness (QED) is 0.508. The number of hydrogen-bond donors (Lipinski definition) is 0. The third kappa shape index (κ3) is 4.90. The molecule has 3 heterocycles. The molecule has 4 rings (SSSR count). The monoisotopic (exact) mass is 435 g/mol. The maximum Gasteiger partial charge on any atom is 0.233 e. The van der Waals surface area contributed by atoms with Crippen molar-refractivity contribution in [2.45, 2.75) is 43.4 Å².